The molecule has 0 atom stereocenters. The molecule has 0 aliphatic carbocycles. The zero-order chi connectivity index (χ0) is 15.0. The van der Waals surface area contributed by atoms with Crippen molar-refractivity contribution in [3.8, 4) is 0 Å². The van der Waals surface area contributed by atoms with Gasteiger partial charge in [-0.15, -0.1) is 0 Å². The van der Waals surface area contributed by atoms with E-state index in [0.29, 0.717) is 5.69 Å². The van der Waals surface area contributed by atoms with Crippen molar-refractivity contribution >= 4 is 17.9 Å². The molecule has 1 rings (SSSR count). The molecule has 108 valence electrons. The maximum Gasteiger partial charge on any atom is 0.324 e. The van der Waals surface area contributed by atoms with E-state index in [0.717, 1.165) is 0 Å². The normalized spacial score (nSPS) is 9.85. The monoisotopic (exact) mass is 279 g/mol. The van der Waals surface area contributed by atoms with E-state index in [2.05, 4.69) is 10.3 Å². The average Bonchev–Trinajstić information content (AvgIpc) is 2.39. The predicted molar refractivity (Wildman–Crippen MR) is 70.7 cm³/mol. The Morgan fingerprint density at radius 2 is 2.05 bits per heavy atom. The highest BCUT2D eigenvalue weighted by atomic mass is 16.4. The second kappa shape index (κ2) is 7.88. The number of hydrogen-bond donors (Lipinski definition) is 2. The fourth-order valence-electron chi connectivity index (χ4n) is 1.48. The quantitative estimate of drug-likeness (QED) is 0.809. The van der Waals surface area contributed by atoms with E-state index in [1.165, 1.54) is 4.90 Å². The van der Waals surface area contributed by atoms with Gasteiger partial charge in [-0.25, -0.2) is 4.79 Å². The summed E-state index contributed by atoms with van der Waals surface area (Å²) >= 11 is 0. The minimum absolute atomic E-state index is 0.00939. The fraction of sp³-hybridized carbons (Fsp3) is 0.385. The van der Waals surface area contributed by atoms with Crippen molar-refractivity contribution in [3.05, 3.63) is 30.1 Å². The van der Waals surface area contributed by atoms with E-state index in [4.69, 9.17) is 5.11 Å². The standard InChI is InChI=1S/C13H17N3O4/c1-16(9-10-5-2-3-8-14-10)13(20)15-11(17)6-4-7-12(18)19/h2-3,5,8H,4,6-7,9H2,1H3,(H,18,19)(H,15,17,20). The molecule has 1 aromatic rings. The summed E-state index contributed by atoms with van der Waals surface area (Å²) in [4.78, 5) is 38.8. The van der Waals surface area contributed by atoms with Gasteiger partial charge in [0.1, 0.15) is 0 Å². The summed E-state index contributed by atoms with van der Waals surface area (Å²) in [5.41, 5.74) is 0.712. The number of nitrogens with zero attached hydrogens (tertiary/aromatic N) is 2. The number of hydrogen-bond acceptors (Lipinski definition) is 4. The van der Waals surface area contributed by atoms with Crippen LogP contribution in [0, 0.1) is 0 Å². The van der Waals surface area contributed by atoms with Crippen molar-refractivity contribution in [2.24, 2.45) is 0 Å². The van der Waals surface area contributed by atoms with Gasteiger partial charge < -0.3 is 10.0 Å². The lowest BCUT2D eigenvalue weighted by molar-refractivity contribution is -0.137. The van der Waals surface area contributed by atoms with Crippen LogP contribution in [0.2, 0.25) is 0 Å². The fourth-order valence-corrected chi connectivity index (χ4v) is 1.48. The van der Waals surface area contributed by atoms with Gasteiger partial charge in [-0.2, -0.15) is 0 Å². The van der Waals surface area contributed by atoms with Crippen LogP contribution in [-0.2, 0) is 16.1 Å². The Morgan fingerprint density at radius 1 is 1.30 bits per heavy atom. The molecule has 0 fully saturated rings. The average molecular weight is 279 g/mol. The number of imide groups is 1. The van der Waals surface area contributed by atoms with Gasteiger partial charge in [0.05, 0.1) is 12.2 Å². The van der Waals surface area contributed by atoms with E-state index in [1.807, 2.05) is 6.07 Å². The zero-order valence-electron chi connectivity index (χ0n) is 11.2. The highest BCUT2D eigenvalue weighted by Gasteiger charge is 2.13. The number of urea groups is 1. The Hall–Kier alpha value is -2.44. The molecular formula is C13H17N3O4. The zero-order valence-corrected chi connectivity index (χ0v) is 11.2. The van der Waals surface area contributed by atoms with Crippen molar-refractivity contribution in [2.45, 2.75) is 25.8 Å². The van der Waals surface area contributed by atoms with Crippen LogP contribution < -0.4 is 5.32 Å². The van der Waals surface area contributed by atoms with Crippen molar-refractivity contribution in [3.63, 3.8) is 0 Å². The first-order valence-corrected chi connectivity index (χ1v) is 6.15. The SMILES string of the molecule is CN(Cc1ccccn1)C(=O)NC(=O)CCCC(=O)O. The number of aliphatic carboxylic acids is 1. The second-order valence-corrected chi connectivity index (χ2v) is 4.28. The topological polar surface area (TPSA) is 99.6 Å². The Bertz CT molecular complexity index is 476. The lowest BCUT2D eigenvalue weighted by atomic mass is 10.2. The van der Waals surface area contributed by atoms with Gasteiger partial charge >= 0.3 is 12.0 Å². The summed E-state index contributed by atoms with van der Waals surface area (Å²) in [7, 11) is 1.55. The van der Waals surface area contributed by atoms with E-state index in [1.54, 1.807) is 25.4 Å². The van der Waals surface area contributed by atoms with Gasteiger partial charge in [0.25, 0.3) is 0 Å². The number of pyridine rings is 1. The smallest absolute Gasteiger partial charge is 0.324 e. The van der Waals surface area contributed by atoms with Crippen molar-refractivity contribution in [2.75, 3.05) is 7.05 Å². The summed E-state index contributed by atoms with van der Waals surface area (Å²) in [6.45, 7) is 0.287. The molecule has 3 amide bonds. The third-order valence-electron chi connectivity index (χ3n) is 2.51. The molecule has 0 aliphatic rings. The van der Waals surface area contributed by atoms with Crippen molar-refractivity contribution < 1.29 is 19.5 Å². The van der Waals surface area contributed by atoms with E-state index in [-0.39, 0.29) is 25.8 Å². The summed E-state index contributed by atoms with van der Waals surface area (Å²) < 4.78 is 0. The molecule has 0 bridgehead atoms. The minimum Gasteiger partial charge on any atom is -0.481 e. The maximum atomic E-state index is 11.7. The van der Waals surface area contributed by atoms with Gasteiger partial charge in [-0.1, -0.05) is 6.07 Å². The first-order chi connectivity index (χ1) is 9.49. The number of carboxylic acid groups (broad SMARTS) is 1. The third kappa shape index (κ3) is 5.94. The van der Waals surface area contributed by atoms with Crippen LogP contribution in [0.3, 0.4) is 0 Å². The van der Waals surface area contributed by atoms with Gasteiger partial charge in [-0.3, -0.25) is 19.9 Å². The number of carbonyl (C=O) groups is 3. The van der Waals surface area contributed by atoms with E-state index in [9.17, 15) is 14.4 Å². The molecule has 0 aromatic carbocycles. The van der Waals surface area contributed by atoms with Crippen LogP contribution in [0.5, 0.6) is 0 Å². The summed E-state index contributed by atoms with van der Waals surface area (Å²) in [6, 6.07) is 4.83. The Kier molecular flexibility index (Phi) is 6.15. The number of carboxylic acids is 1. The van der Waals surface area contributed by atoms with Crippen LogP contribution in [0.25, 0.3) is 0 Å². The Morgan fingerprint density at radius 3 is 2.65 bits per heavy atom. The Labute approximate surface area is 116 Å². The van der Waals surface area contributed by atoms with Crippen molar-refractivity contribution in [1.29, 1.82) is 0 Å². The molecule has 2 N–H and O–H groups in total. The number of rotatable bonds is 6. The van der Waals surface area contributed by atoms with Gasteiger partial charge in [0.2, 0.25) is 5.91 Å². The van der Waals surface area contributed by atoms with Gasteiger partial charge in [0.15, 0.2) is 0 Å². The number of nitrogens with one attached hydrogen (secondary N) is 1. The first-order valence-electron chi connectivity index (χ1n) is 6.15. The van der Waals surface area contributed by atoms with Crippen LogP contribution >= 0.6 is 0 Å². The Balaban J connectivity index is 2.34. The van der Waals surface area contributed by atoms with Gasteiger partial charge in [-0.05, 0) is 18.6 Å². The summed E-state index contributed by atoms with van der Waals surface area (Å²) in [6.07, 6.45) is 1.75. The number of carbonyl (C=O) groups excluding carboxylic acids is 2. The predicted octanol–water partition coefficient (Wildman–Crippen LogP) is 1.00. The summed E-state index contributed by atoms with van der Waals surface area (Å²) in [5, 5.41) is 10.6. The van der Waals surface area contributed by atoms with Crippen LogP contribution in [0.4, 0.5) is 4.79 Å². The molecule has 1 heterocycles. The highest BCUT2D eigenvalue weighted by Crippen LogP contribution is 2.00. The number of amides is 3. The molecule has 0 spiro atoms. The highest BCUT2D eigenvalue weighted by molar-refractivity contribution is 5.94. The maximum absolute atomic E-state index is 11.7. The van der Waals surface area contributed by atoms with E-state index < -0.39 is 17.9 Å². The molecular weight excluding hydrogens is 262 g/mol. The second-order valence-electron chi connectivity index (χ2n) is 4.28. The van der Waals surface area contributed by atoms with Crippen LogP contribution in [0.15, 0.2) is 24.4 Å². The lowest BCUT2D eigenvalue weighted by Gasteiger charge is -2.16. The molecule has 0 unspecified atom stereocenters. The molecule has 7 heteroatoms. The van der Waals surface area contributed by atoms with Crippen molar-refractivity contribution in [1.82, 2.24) is 15.2 Å². The molecule has 0 saturated carbocycles. The molecule has 1 aromatic heterocycles. The largest absolute Gasteiger partial charge is 0.481 e. The molecule has 0 radical (unpaired) electrons. The van der Waals surface area contributed by atoms with E-state index >= 15 is 0 Å². The van der Waals surface area contributed by atoms with Gasteiger partial charge in [0, 0.05) is 26.1 Å². The molecule has 20 heavy (non-hydrogen) atoms. The first kappa shape index (κ1) is 15.6. The lowest BCUT2D eigenvalue weighted by Crippen LogP contribution is -2.40. The minimum atomic E-state index is -0.962. The molecule has 7 nitrogen and oxygen atoms in total. The van der Waals surface area contributed by atoms with Crippen LogP contribution in [-0.4, -0.2) is 39.9 Å². The molecule has 0 aliphatic heterocycles. The molecule has 0 saturated heterocycles. The number of aromatic nitrogens is 1. The third-order valence-corrected chi connectivity index (χ3v) is 2.51. The summed E-state index contributed by atoms with van der Waals surface area (Å²) in [5.74, 6) is -1.44. The van der Waals surface area contributed by atoms with Crippen LogP contribution in [0.1, 0.15) is 25.0 Å².